The van der Waals surface area contributed by atoms with Gasteiger partial charge in [-0.1, -0.05) is 26.0 Å². The Morgan fingerprint density at radius 1 is 1.14 bits per heavy atom. The summed E-state index contributed by atoms with van der Waals surface area (Å²) in [6.45, 7) is 5.86. The van der Waals surface area contributed by atoms with Crippen molar-refractivity contribution in [3.05, 3.63) is 36.3 Å². The third kappa shape index (κ3) is 3.85. The zero-order chi connectivity index (χ0) is 9.68. The molecule has 2 nitrogen and oxygen atoms in total. The van der Waals surface area contributed by atoms with Crippen molar-refractivity contribution in [2.24, 2.45) is 0 Å². The van der Waals surface area contributed by atoms with E-state index in [2.05, 4.69) is 16.2 Å². The molecule has 0 atom stereocenters. The van der Waals surface area contributed by atoms with E-state index in [0.29, 0.717) is 0 Å². The maximum Gasteiger partial charge on any atom is 1.00 e. The van der Waals surface area contributed by atoms with Gasteiger partial charge in [0, 0.05) is 5.82 Å². The predicted octanol–water partition coefficient (Wildman–Crippen LogP) is -0.231. The van der Waals surface area contributed by atoms with Crippen LogP contribution in [0.1, 0.15) is 19.7 Å². The number of hydrogen-bond donors (Lipinski definition) is 0. The summed E-state index contributed by atoms with van der Waals surface area (Å²) in [7, 11) is 0. The van der Waals surface area contributed by atoms with Crippen LogP contribution in [0.2, 0.25) is 0 Å². The van der Waals surface area contributed by atoms with Crippen LogP contribution in [0, 0.1) is 13.1 Å². The topological polar surface area (TPSA) is 25.8 Å². The average molecular weight is 259 g/mol. The molecule has 0 saturated heterocycles. The Morgan fingerprint density at radius 3 is 2.50 bits per heavy atom. The Labute approximate surface area is 134 Å². The second-order valence-electron chi connectivity index (χ2n) is 2.40. The fourth-order valence-electron chi connectivity index (χ4n) is 1.01. The molecule has 0 spiro atoms. The van der Waals surface area contributed by atoms with Crippen LogP contribution in [0.4, 0.5) is 0 Å². The number of aryl methyl sites for hydroxylation is 1. The summed E-state index contributed by atoms with van der Waals surface area (Å²) in [6.07, 6.45) is 2.91. The van der Waals surface area contributed by atoms with Gasteiger partial charge < -0.3 is 9.97 Å². The third-order valence-corrected chi connectivity index (χ3v) is 1.52. The molecule has 1 aromatic carbocycles. The molecule has 0 bridgehead atoms. The van der Waals surface area contributed by atoms with Crippen molar-refractivity contribution < 1.29 is 58.2 Å². The van der Waals surface area contributed by atoms with E-state index in [1.165, 1.54) is 0 Å². The van der Waals surface area contributed by atoms with Gasteiger partial charge in [0.1, 0.15) is 0 Å². The Bertz CT molecular complexity index is 388. The van der Waals surface area contributed by atoms with E-state index in [4.69, 9.17) is 0 Å². The number of aromatic nitrogens is 2. The molecule has 68 valence electrons. The third-order valence-electron chi connectivity index (χ3n) is 1.52. The molecule has 2 aromatic rings. The van der Waals surface area contributed by atoms with Gasteiger partial charge in [-0.3, -0.25) is 0 Å². The number of rotatable bonds is 0. The van der Waals surface area contributed by atoms with Gasteiger partial charge in [0.15, 0.2) is 0 Å². The van der Waals surface area contributed by atoms with Crippen molar-refractivity contribution >= 4 is 10.9 Å². The molecule has 2 rings (SSSR count). The second kappa shape index (κ2) is 7.63. The van der Waals surface area contributed by atoms with Gasteiger partial charge in [0.25, 0.3) is 0 Å². The van der Waals surface area contributed by atoms with Gasteiger partial charge >= 0.3 is 58.2 Å². The maximum absolute atomic E-state index is 4.23. The summed E-state index contributed by atoms with van der Waals surface area (Å²) in [4.78, 5) is 8.20. The van der Waals surface area contributed by atoms with Crippen LogP contribution in [0.25, 0.3) is 10.9 Å². The smallest absolute Gasteiger partial charge is 0.338 e. The summed E-state index contributed by atoms with van der Waals surface area (Å²) in [5.41, 5.74) is 0.958. The predicted molar refractivity (Wildman–Crippen MR) is 54.5 cm³/mol. The molecule has 0 fully saturated rings. The molecule has 0 radical (unpaired) electrons. The van der Waals surface area contributed by atoms with Gasteiger partial charge in [-0.2, -0.15) is 0 Å². The second-order valence-corrected chi connectivity index (χ2v) is 2.40. The first kappa shape index (κ1) is 14.4. The van der Waals surface area contributed by atoms with Gasteiger partial charge in [0.2, 0.25) is 0 Å². The quantitative estimate of drug-likeness (QED) is 0.610. The van der Waals surface area contributed by atoms with E-state index in [1.807, 2.05) is 45.0 Å². The molecular formula is C11H13N2Rb. The minimum absolute atomic E-state index is 0. The first-order chi connectivity index (χ1) is 6.36. The van der Waals surface area contributed by atoms with Crippen molar-refractivity contribution in [1.82, 2.24) is 9.97 Å². The molecule has 1 aromatic heterocycles. The minimum Gasteiger partial charge on any atom is -0.338 e. The Balaban J connectivity index is 0.000000531. The van der Waals surface area contributed by atoms with E-state index >= 15 is 0 Å². The zero-order valence-corrected chi connectivity index (χ0v) is 14.1. The van der Waals surface area contributed by atoms with Crippen LogP contribution in [0.15, 0.2) is 24.3 Å². The van der Waals surface area contributed by atoms with Crippen LogP contribution in [-0.4, -0.2) is 9.97 Å². The number of benzene rings is 1. The number of fused-ring (bicyclic) bond motifs is 1. The van der Waals surface area contributed by atoms with E-state index in [1.54, 1.807) is 0 Å². The molecule has 3 heteroatoms. The molecule has 0 aliphatic carbocycles. The molecule has 0 saturated carbocycles. The fourth-order valence-corrected chi connectivity index (χ4v) is 1.01. The minimum atomic E-state index is 0. The van der Waals surface area contributed by atoms with Gasteiger partial charge in [-0.25, -0.2) is 0 Å². The van der Waals surface area contributed by atoms with Crippen molar-refractivity contribution in [1.29, 1.82) is 0 Å². The average Bonchev–Trinajstić information content (AvgIpc) is 2.21. The Morgan fingerprint density at radius 2 is 1.79 bits per heavy atom. The Kier molecular flexibility index (Phi) is 7.83. The fraction of sp³-hybridized carbons (Fsp3) is 0.273. The van der Waals surface area contributed by atoms with Crippen molar-refractivity contribution in [3.8, 4) is 0 Å². The van der Waals surface area contributed by atoms with Crippen molar-refractivity contribution in [2.75, 3.05) is 0 Å². The largest absolute Gasteiger partial charge is 1.00 e. The molecule has 0 N–H and O–H groups in total. The van der Waals surface area contributed by atoms with Crippen LogP contribution >= 0.6 is 0 Å². The molecule has 0 unspecified atom stereocenters. The van der Waals surface area contributed by atoms with Crippen LogP contribution in [0.3, 0.4) is 0 Å². The van der Waals surface area contributed by atoms with Crippen LogP contribution in [-0.2, 0) is 0 Å². The SMILES string of the molecule is CC.Cc1n[c-]c2ccccc2n1.[Rb+]. The van der Waals surface area contributed by atoms with E-state index in [0.717, 1.165) is 16.7 Å². The summed E-state index contributed by atoms with van der Waals surface area (Å²) in [6, 6.07) is 7.83. The first-order valence-electron chi connectivity index (χ1n) is 4.47. The van der Waals surface area contributed by atoms with Gasteiger partial charge in [0.05, 0.1) is 0 Å². The first-order valence-corrected chi connectivity index (χ1v) is 4.47. The monoisotopic (exact) mass is 258 g/mol. The summed E-state index contributed by atoms with van der Waals surface area (Å²) >= 11 is 0. The van der Waals surface area contributed by atoms with E-state index in [-0.39, 0.29) is 58.2 Å². The number of hydrogen-bond acceptors (Lipinski definition) is 2. The van der Waals surface area contributed by atoms with Crippen LogP contribution < -0.4 is 58.2 Å². The molecule has 0 aliphatic heterocycles. The van der Waals surface area contributed by atoms with Crippen LogP contribution in [0.5, 0.6) is 0 Å². The summed E-state index contributed by atoms with van der Waals surface area (Å²) in [5.74, 6) is 0.767. The standard InChI is InChI=1S/C9H7N2.C2H6.Rb/c1-7-10-6-8-4-2-3-5-9(8)11-7;1-2;/h2-5H,1H3;1-2H3;/q-1;;+1. The summed E-state index contributed by atoms with van der Waals surface area (Å²) in [5, 5.41) is 0.970. The number of nitrogens with zero attached hydrogens (tertiary/aromatic N) is 2. The normalized spacial score (nSPS) is 8.50. The molecule has 1 heterocycles. The molecular weight excluding hydrogens is 246 g/mol. The van der Waals surface area contributed by atoms with Crippen molar-refractivity contribution in [3.63, 3.8) is 0 Å². The van der Waals surface area contributed by atoms with E-state index < -0.39 is 0 Å². The zero-order valence-electron chi connectivity index (χ0n) is 9.20. The molecule has 0 amide bonds. The Hall–Kier alpha value is 0.365. The summed E-state index contributed by atoms with van der Waals surface area (Å²) < 4.78 is 0. The van der Waals surface area contributed by atoms with Crippen molar-refractivity contribution in [2.45, 2.75) is 20.8 Å². The number of para-hydroxylation sites is 1. The van der Waals surface area contributed by atoms with Gasteiger partial charge in [-0.05, 0) is 18.6 Å². The molecule has 14 heavy (non-hydrogen) atoms. The maximum atomic E-state index is 4.23. The molecule has 0 aliphatic rings. The van der Waals surface area contributed by atoms with Gasteiger partial charge in [-0.15, -0.1) is 17.5 Å². The van der Waals surface area contributed by atoms with E-state index in [9.17, 15) is 0 Å².